The van der Waals surface area contributed by atoms with Crippen molar-refractivity contribution >= 4 is 5.97 Å². The van der Waals surface area contributed by atoms with Crippen LogP contribution in [0.25, 0.3) is 22.5 Å². The summed E-state index contributed by atoms with van der Waals surface area (Å²) in [5.41, 5.74) is -1.67. The van der Waals surface area contributed by atoms with Crippen LogP contribution in [0.2, 0.25) is 0 Å². The first-order valence-electron chi connectivity index (χ1n) is 8.32. The van der Waals surface area contributed by atoms with Crippen LogP contribution < -0.4 is 0 Å². The number of nitrogens with zero attached hydrogens (tertiary/aromatic N) is 3. The van der Waals surface area contributed by atoms with Crippen molar-refractivity contribution in [3.05, 3.63) is 71.6 Å². The van der Waals surface area contributed by atoms with Gasteiger partial charge >= 0.3 is 5.97 Å². The Bertz CT molecular complexity index is 1110. The third-order valence-corrected chi connectivity index (χ3v) is 4.45. The summed E-state index contributed by atoms with van der Waals surface area (Å²) in [5.74, 6) is -3.16. The van der Waals surface area contributed by atoms with Gasteiger partial charge in [0.25, 0.3) is 0 Å². The molecule has 0 saturated heterocycles. The van der Waals surface area contributed by atoms with Crippen molar-refractivity contribution in [2.75, 3.05) is 0 Å². The van der Waals surface area contributed by atoms with Gasteiger partial charge in [0.2, 0.25) is 0 Å². The molecule has 0 aliphatic rings. The quantitative estimate of drug-likeness (QED) is 0.729. The topological polar surface area (TPSA) is 86.9 Å². The zero-order valence-corrected chi connectivity index (χ0v) is 15.1. The molecule has 0 aliphatic carbocycles. The van der Waals surface area contributed by atoms with Crippen molar-refractivity contribution in [1.82, 2.24) is 9.97 Å². The van der Waals surface area contributed by atoms with Crippen LogP contribution >= 0.6 is 0 Å². The van der Waals surface area contributed by atoms with Gasteiger partial charge in [-0.3, -0.25) is 14.8 Å². The van der Waals surface area contributed by atoms with Crippen molar-refractivity contribution in [3.63, 3.8) is 0 Å². The second-order valence-electron chi connectivity index (χ2n) is 6.64. The van der Waals surface area contributed by atoms with E-state index in [4.69, 9.17) is 0 Å². The number of hydrogen-bond donors (Lipinski definition) is 1. The first kappa shape index (κ1) is 19.1. The van der Waals surface area contributed by atoms with E-state index in [0.29, 0.717) is 0 Å². The monoisotopic (exact) mass is 379 g/mol. The van der Waals surface area contributed by atoms with E-state index in [2.05, 4.69) is 9.97 Å². The third kappa shape index (κ3) is 3.21. The number of pyridine rings is 2. The van der Waals surface area contributed by atoms with E-state index in [1.54, 1.807) is 24.3 Å². The van der Waals surface area contributed by atoms with Crippen LogP contribution in [0, 0.1) is 23.0 Å². The maximum Gasteiger partial charge on any atom is 0.315 e. The minimum Gasteiger partial charge on any atom is -0.481 e. The van der Waals surface area contributed by atoms with Crippen LogP contribution in [0.15, 0.2) is 48.7 Å². The molecule has 0 saturated carbocycles. The fraction of sp³-hybridized carbons (Fsp3) is 0.143. The summed E-state index contributed by atoms with van der Waals surface area (Å²) in [7, 11) is 0. The molecule has 5 nitrogen and oxygen atoms in total. The summed E-state index contributed by atoms with van der Waals surface area (Å²) in [6.07, 6.45) is 1.46. The highest BCUT2D eigenvalue weighted by Crippen LogP contribution is 2.33. The molecule has 0 spiro atoms. The summed E-state index contributed by atoms with van der Waals surface area (Å²) in [6.45, 7) is 2.95. The summed E-state index contributed by atoms with van der Waals surface area (Å²) < 4.78 is 29.6. The predicted octanol–water partition coefficient (Wildman–Crippen LogP) is 4.32. The first-order chi connectivity index (χ1) is 13.3. The molecule has 2 aromatic heterocycles. The van der Waals surface area contributed by atoms with Crippen LogP contribution in [0.5, 0.6) is 0 Å². The first-order valence-corrected chi connectivity index (χ1v) is 8.32. The molecule has 3 rings (SSSR count). The Balaban J connectivity index is 2.26. The summed E-state index contributed by atoms with van der Waals surface area (Å²) in [6, 6.07) is 12.1. The maximum absolute atomic E-state index is 14.9. The second kappa shape index (κ2) is 7.16. The molecule has 7 heteroatoms. The van der Waals surface area contributed by atoms with Crippen molar-refractivity contribution < 1.29 is 18.7 Å². The number of nitriles is 1. The minimum atomic E-state index is -1.31. The molecular weight excluding hydrogens is 364 g/mol. The van der Waals surface area contributed by atoms with Gasteiger partial charge in [-0.05, 0) is 44.2 Å². The molecule has 1 aromatic carbocycles. The molecule has 0 bridgehead atoms. The van der Waals surface area contributed by atoms with Gasteiger partial charge in [-0.1, -0.05) is 12.1 Å². The number of carboxylic acids is 1. The molecular formula is C21H15F2N3O2. The Labute approximate surface area is 159 Å². The predicted molar refractivity (Wildman–Crippen MR) is 98.2 cm³/mol. The van der Waals surface area contributed by atoms with Gasteiger partial charge in [0.1, 0.15) is 17.0 Å². The van der Waals surface area contributed by atoms with Crippen LogP contribution in [-0.2, 0) is 10.2 Å². The zero-order valence-electron chi connectivity index (χ0n) is 15.1. The molecule has 0 atom stereocenters. The molecule has 0 fully saturated rings. The van der Waals surface area contributed by atoms with E-state index in [9.17, 15) is 23.9 Å². The number of rotatable bonds is 4. The fourth-order valence-corrected chi connectivity index (χ4v) is 2.67. The lowest BCUT2D eigenvalue weighted by atomic mass is 9.88. The number of halogens is 2. The van der Waals surface area contributed by atoms with Crippen LogP contribution in [0.1, 0.15) is 25.1 Å². The zero-order chi connectivity index (χ0) is 20.5. The summed E-state index contributed by atoms with van der Waals surface area (Å²) in [4.78, 5) is 19.8. The van der Waals surface area contributed by atoms with Gasteiger partial charge in [-0.15, -0.1) is 0 Å². The number of benzene rings is 1. The van der Waals surface area contributed by atoms with Crippen LogP contribution in [0.3, 0.4) is 0 Å². The average molecular weight is 379 g/mol. The highest BCUT2D eigenvalue weighted by atomic mass is 19.1. The van der Waals surface area contributed by atoms with Gasteiger partial charge in [-0.2, -0.15) is 5.26 Å². The highest BCUT2D eigenvalue weighted by Gasteiger charge is 2.31. The molecule has 2 heterocycles. The number of carbonyl (C=O) groups is 1. The van der Waals surface area contributed by atoms with E-state index in [-0.39, 0.29) is 28.2 Å². The Kier molecular flexibility index (Phi) is 4.89. The molecule has 1 N–H and O–H groups in total. The number of hydrogen-bond acceptors (Lipinski definition) is 4. The smallest absolute Gasteiger partial charge is 0.315 e. The van der Waals surface area contributed by atoms with Gasteiger partial charge in [0.15, 0.2) is 11.6 Å². The Hall–Kier alpha value is -3.66. The lowest BCUT2D eigenvalue weighted by molar-refractivity contribution is -0.142. The summed E-state index contributed by atoms with van der Waals surface area (Å²) in [5, 5.41) is 18.7. The number of aromatic nitrogens is 2. The van der Waals surface area contributed by atoms with Crippen molar-refractivity contribution in [1.29, 1.82) is 5.26 Å². The van der Waals surface area contributed by atoms with Crippen molar-refractivity contribution in [3.8, 4) is 28.6 Å². The van der Waals surface area contributed by atoms with Gasteiger partial charge in [0, 0.05) is 17.3 Å². The van der Waals surface area contributed by atoms with Crippen molar-refractivity contribution in [2.24, 2.45) is 0 Å². The largest absolute Gasteiger partial charge is 0.481 e. The average Bonchev–Trinajstić information content (AvgIpc) is 2.69. The molecule has 0 unspecified atom stereocenters. The van der Waals surface area contributed by atoms with E-state index in [1.165, 1.54) is 44.3 Å². The van der Waals surface area contributed by atoms with Gasteiger partial charge in [0.05, 0.1) is 17.1 Å². The minimum absolute atomic E-state index is 0.0433. The third-order valence-electron chi connectivity index (χ3n) is 4.45. The standard InChI is InChI=1S/C21H15F2N3O2/c1-21(2,20(27)28)17-8-5-7-16(26-17)13-10-12(15-6-3-4-9-25-15)18(22)14(11-24)19(13)23/h3-10H,1-2H3,(H,27,28). The second-order valence-corrected chi connectivity index (χ2v) is 6.64. The van der Waals surface area contributed by atoms with Gasteiger partial charge < -0.3 is 5.11 Å². The fourth-order valence-electron chi connectivity index (χ4n) is 2.67. The van der Waals surface area contributed by atoms with Gasteiger partial charge in [-0.25, -0.2) is 8.78 Å². The van der Waals surface area contributed by atoms with Crippen molar-refractivity contribution in [2.45, 2.75) is 19.3 Å². The Morgan fingerprint density at radius 3 is 2.29 bits per heavy atom. The highest BCUT2D eigenvalue weighted by molar-refractivity contribution is 5.80. The summed E-state index contributed by atoms with van der Waals surface area (Å²) >= 11 is 0. The Morgan fingerprint density at radius 1 is 1.07 bits per heavy atom. The lowest BCUT2D eigenvalue weighted by Gasteiger charge is -2.19. The molecule has 0 radical (unpaired) electrons. The van der Waals surface area contributed by atoms with E-state index >= 15 is 0 Å². The van der Waals surface area contributed by atoms with Crippen LogP contribution in [-0.4, -0.2) is 21.0 Å². The molecule has 0 aliphatic heterocycles. The van der Waals surface area contributed by atoms with Crippen LogP contribution in [0.4, 0.5) is 8.78 Å². The normalized spacial score (nSPS) is 11.1. The van der Waals surface area contributed by atoms with E-state index < -0.39 is 28.6 Å². The van der Waals surface area contributed by atoms with E-state index in [1.807, 2.05) is 0 Å². The van der Waals surface area contributed by atoms with E-state index in [0.717, 1.165) is 0 Å². The molecule has 140 valence electrons. The number of carboxylic acid groups (broad SMARTS) is 1. The maximum atomic E-state index is 14.9. The molecule has 28 heavy (non-hydrogen) atoms. The lowest BCUT2D eigenvalue weighted by Crippen LogP contribution is -2.29. The molecule has 3 aromatic rings. The SMILES string of the molecule is CC(C)(C(=O)O)c1cccc(-c2cc(-c3ccccn3)c(F)c(C#N)c2F)n1. The number of aliphatic carboxylic acids is 1. The molecule has 0 amide bonds. The Morgan fingerprint density at radius 2 is 1.71 bits per heavy atom.